The van der Waals surface area contributed by atoms with E-state index in [0.717, 1.165) is 17.0 Å². The van der Waals surface area contributed by atoms with Gasteiger partial charge in [-0.1, -0.05) is 32.0 Å². The van der Waals surface area contributed by atoms with Gasteiger partial charge < -0.3 is 15.1 Å². The van der Waals surface area contributed by atoms with E-state index in [9.17, 15) is 4.79 Å². The van der Waals surface area contributed by atoms with Crippen LogP contribution in [0.2, 0.25) is 0 Å². The molecule has 4 nitrogen and oxygen atoms in total. The lowest BCUT2D eigenvalue weighted by molar-refractivity contribution is -0.684. The van der Waals surface area contributed by atoms with Gasteiger partial charge in [0.25, 0.3) is 5.91 Å². The molecule has 1 heterocycles. The van der Waals surface area contributed by atoms with Gasteiger partial charge in [-0.25, -0.2) is 0 Å². The van der Waals surface area contributed by atoms with Crippen molar-refractivity contribution in [2.45, 2.75) is 32.7 Å². The molecule has 0 fully saturated rings. The number of quaternary nitrogens is 1. The number of furan rings is 1. The van der Waals surface area contributed by atoms with Crippen molar-refractivity contribution >= 4 is 11.6 Å². The zero-order chi connectivity index (χ0) is 15.2. The van der Waals surface area contributed by atoms with Crippen LogP contribution in [-0.4, -0.2) is 12.5 Å². The number of amides is 1. The Kier molecular flexibility index (Phi) is 5.17. The highest BCUT2D eigenvalue weighted by Crippen LogP contribution is 2.23. The van der Waals surface area contributed by atoms with Crippen molar-refractivity contribution in [2.75, 3.05) is 11.9 Å². The average Bonchev–Trinajstić information content (AvgIpc) is 2.99. The first-order valence-corrected chi connectivity index (χ1v) is 7.33. The van der Waals surface area contributed by atoms with E-state index >= 15 is 0 Å². The maximum atomic E-state index is 12.1. The van der Waals surface area contributed by atoms with Gasteiger partial charge in [-0.05, 0) is 36.6 Å². The number of rotatable bonds is 6. The molecule has 0 saturated carbocycles. The minimum atomic E-state index is 0.00139. The smallest absolute Gasteiger partial charge is 0.279 e. The molecule has 0 bridgehead atoms. The van der Waals surface area contributed by atoms with Crippen LogP contribution < -0.4 is 10.6 Å². The molecule has 2 rings (SSSR count). The number of para-hydroxylation sites is 1. The molecule has 3 N–H and O–H groups in total. The van der Waals surface area contributed by atoms with Crippen LogP contribution in [0.1, 0.15) is 44.1 Å². The molecule has 0 saturated heterocycles. The van der Waals surface area contributed by atoms with Gasteiger partial charge in [-0.2, -0.15) is 0 Å². The summed E-state index contributed by atoms with van der Waals surface area (Å²) < 4.78 is 5.33. The molecule has 112 valence electrons. The van der Waals surface area contributed by atoms with Crippen molar-refractivity contribution < 1.29 is 14.5 Å². The Balaban J connectivity index is 1.90. The van der Waals surface area contributed by atoms with Gasteiger partial charge in [0.15, 0.2) is 12.3 Å². The third-order valence-electron chi connectivity index (χ3n) is 3.51. The standard InChI is InChI=1S/C17H22N2O2/c1-12(2)14-7-4-5-8-15(14)19-17(20)11-18-13(3)16-9-6-10-21-16/h4-10,12-13,18H,11H2,1-3H3,(H,19,20)/p+1/t13-/m0/s1. The molecule has 2 aromatic rings. The van der Waals surface area contributed by atoms with Crippen molar-refractivity contribution in [3.63, 3.8) is 0 Å². The summed E-state index contributed by atoms with van der Waals surface area (Å²) in [4.78, 5) is 12.1. The van der Waals surface area contributed by atoms with E-state index in [4.69, 9.17) is 4.42 Å². The van der Waals surface area contributed by atoms with Gasteiger partial charge >= 0.3 is 0 Å². The Morgan fingerprint density at radius 2 is 1.95 bits per heavy atom. The second-order valence-corrected chi connectivity index (χ2v) is 5.53. The fourth-order valence-electron chi connectivity index (χ4n) is 2.27. The van der Waals surface area contributed by atoms with E-state index in [2.05, 4.69) is 25.2 Å². The maximum absolute atomic E-state index is 12.1. The summed E-state index contributed by atoms with van der Waals surface area (Å²) in [5.41, 5.74) is 2.06. The molecule has 0 radical (unpaired) electrons. The van der Waals surface area contributed by atoms with Crippen LogP contribution in [0, 0.1) is 0 Å². The van der Waals surface area contributed by atoms with Crippen LogP contribution in [-0.2, 0) is 4.79 Å². The molecular formula is C17H23N2O2+. The molecule has 0 aliphatic rings. The number of anilines is 1. The monoisotopic (exact) mass is 287 g/mol. The van der Waals surface area contributed by atoms with Crippen LogP contribution in [0.25, 0.3) is 0 Å². The highest BCUT2D eigenvalue weighted by molar-refractivity contribution is 5.92. The van der Waals surface area contributed by atoms with Gasteiger partial charge in [0.1, 0.15) is 6.04 Å². The molecule has 21 heavy (non-hydrogen) atoms. The second kappa shape index (κ2) is 7.09. The summed E-state index contributed by atoms with van der Waals surface area (Å²) in [6.07, 6.45) is 1.65. The Morgan fingerprint density at radius 3 is 2.62 bits per heavy atom. The summed E-state index contributed by atoms with van der Waals surface area (Å²) in [7, 11) is 0. The Labute approximate surface area is 125 Å². The predicted octanol–water partition coefficient (Wildman–Crippen LogP) is 2.67. The summed E-state index contributed by atoms with van der Waals surface area (Å²) in [5.74, 6) is 1.26. The number of benzene rings is 1. The van der Waals surface area contributed by atoms with Crippen molar-refractivity contribution in [3.8, 4) is 0 Å². The third kappa shape index (κ3) is 4.20. The summed E-state index contributed by atoms with van der Waals surface area (Å²) in [5, 5.41) is 4.96. The van der Waals surface area contributed by atoms with E-state index < -0.39 is 0 Å². The van der Waals surface area contributed by atoms with Gasteiger partial charge in [0, 0.05) is 5.69 Å². The lowest BCUT2D eigenvalue weighted by Gasteiger charge is -2.14. The topological polar surface area (TPSA) is 58.9 Å². The number of carbonyl (C=O) groups is 1. The Morgan fingerprint density at radius 1 is 1.19 bits per heavy atom. The summed E-state index contributed by atoms with van der Waals surface area (Å²) in [6, 6.07) is 11.9. The van der Waals surface area contributed by atoms with Crippen LogP contribution >= 0.6 is 0 Å². The largest absolute Gasteiger partial charge is 0.463 e. The number of nitrogens with two attached hydrogens (primary N) is 1. The molecule has 0 unspecified atom stereocenters. The molecular weight excluding hydrogens is 264 g/mol. The van der Waals surface area contributed by atoms with Crippen LogP contribution in [0.5, 0.6) is 0 Å². The number of hydrogen-bond donors (Lipinski definition) is 2. The fraction of sp³-hybridized carbons (Fsp3) is 0.353. The lowest BCUT2D eigenvalue weighted by atomic mass is 10.0. The molecule has 1 aromatic heterocycles. The molecule has 1 amide bonds. The average molecular weight is 287 g/mol. The van der Waals surface area contributed by atoms with Gasteiger partial charge in [0.05, 0.1) is 6.26 Å². The molecule has 1 aromatic carbocycles. The highest BCUT2D eigenvalue weighted by Gasteiger charge is 2.15. The zero-order valence-corrected chi connectivity index (χ0v) is 12.8. The van der Waals surface area contributed by atoms with E-state index in [-0.39, 0.29) is 11.9 Å². The number of hydrogen-bond acceptors (Lipinski definition) is 2. The zero-order valence-electron chi connectivity index (χ0n) is 12.8. The number of carbonyl (C=O) groups excluding carboxylic acids is 1. The van der Waals surface area contributed by atoms with Crippen molar-refractivity contribution in [3.05, 3.63) is 54.0 Å². The minimum absolute atomic E-state index is 0.00139. The molecule has 0 aliphatic carbocycles. The van der Waals surface area contributed by atoms with E-state index in [1.165, 1.54) is 0 Å². The molecule has 1 atom stereocenters. The minimum Gasteiger partial charge on any atom is -0.463 e. The first-order chi connectivity index (χ1) is 10.1. The fourth-order valence-corrected chi connectivity index (χ4v) is 2.27. The van der Waals surface area contributed by atoms with Crippen LogP contribution in [0.4, 0.5) is 5.69 Å². The maximum Gasteiger partial charge on any atom is 0.279 e. The predicted molar refractivity (Wildman–Crippen MR) is 83.1 cm³/mol. The van der Waals surface area contributed by atoms with Crippen LogP contribution in [0.3, 0.4) is 0 Å². The number of nitrogens with one attached hydrogen (secondary N) is 1. The molecule has 0 spiro atoms. The third-order valence-corrected chi connectivity index (χ3v) is 3.51. The van der Waals surface area contributed by atoms with Gasteiger partial charge in [0.2, 0.25) is 0 Å². The van der Waals surface area contributed by atoms with E-state index in [0.29, 0.717) is 12.5 Å². The first kappa shape index (κ1) is 15.3. The lowest BCUT2D eigenvalue weighted by Crippen LogP contribution is -2.86. The summed E-state index contributed by atoms with van der Waals surface area (Å²) in [6.45, 7) is 6.63. The molecule has 4 heteroatoms. The van der Waals surface area contributed by atoms with Crippen molar-refractivity contribution in [2.24, 2.45) is 0 Å². The second-order valence-electron chi connectivity index (χ2n) is 5.53. The molecule has 0 aliphatic heterocycles. The van der Waals surface area contributed by atoms with E-state index in [1.54, 1.807) is 6.26 Å². The Hall–Kier alpha value is -2.07. The SMILES string of the molecule is CC(C)c1ccccc1NC(=O)C[NH2+][C@@H](C)c1ccco1. The van der Waals surface area contributed by atoms with Gasteiger partial charge in [-0.3, -0.25) is 4.79 Å². The van der Waals surface area contributed by atoms with Crippen LogP contribution in [0.15, 0.2) is 47.1 Å². The first-order valence-electron chi connectivity index (χ1n) is 7.33. The van der Waals surface area contributed by atoms with E-state index in [1.807, 2.05) is 42.6 Å². The summed E-state index contributed by atoms with van der Waals surface area (Å²) >= 11 is 0. The quantitative estimate of drug-likeness (QED) is 0.858. The van der Waals surface area contributed by atoms with Gasteiger partial charge in [-0.15, -0.1) is 0 Å². The van der Waals surface area contributed by atoms with Crippen molar-refractivity contribution in [1.29, 1.82) is 0 Å². The van der Waals surface area contributed by atoms with Crippen molar-refractivity contribution in [1.82, 2.24) is 0 Å². The normalized spacial score (nSPS) is 12.4. The Bertz CT molecular complexity index is 576. The highest BCUT2D eigenvalue weighted by atomic mass is 16.3.